The minimum Gasteiger partial charge on any atom is -0.372 e. The van der Waals surface area contributed by atoms with Gasteiger partial charge in [0.25, 0.3) is 0 Å². The lowest BCUT2D eigenvalue weighted by atomic mass is 9.80. The van der Waals surface area contributed by atoms with Gasteiger partial charge in [-0.3, -0.25) is 0 Å². The molecule has 59 heavy (non-hydrogen) atoms. The zero-order valence-electron chi connectivity index (χ0n) is 37.8. The summed E-state index contributed by atoms with van der Waals surface area (Å²) in [5.74, 6) is 0. The van der Waals surface area contributed by atoms with Crippen LogP contribution in [0.25, 0.3) is 0 Å². The molecule has 0 spiro atoms. The van der Waals surface area contributed by atoms with Crippen LogP contribution >= 0.6 is 0 Å². The Bertz CT molecular complexity index is 1290. The summed E-state index contributed by atoms with van der Waals surface area (Å²) in [5, 5.41) is 0. The van der Waals surface area contributed by atoms with Gasteiger partial charge in [0.1, 0.15) is 23.9 Å². The topological polar surface area (TPSA) is 46.2 Å². The molecule has 3 aromatic rings. The summed E-state index contributed by atoms with van der Waals surface area (Å²) in [6.45, 7) is 9.21. The maximum atomic E-state index is 7.37. The highest BCUT2D eigenvalue weighted by atomic mass is 16.7. The number of rotatable bonds is 36. The van der Waals surface area contributed by atoms with Crippen molar-refractivity contribution in [1.82, 2.24) is 0 Å². The van der Waals surface area contributed by atoms with Crippen LogP contribution in [-0.4, -0.2) is 51.0 Å². The summed E-state index contributed by atoms with van der Waals surface area (Å²) in [6, 6.07) is 31.9. The Hall–Kier alpha value is -2.54. The summed E-state index contributed by atoms with van der Waals surface area (Å²) in [5.41, 5.74) is 2.39. The lowest BCUT2D eigenvalue weighted by Crippen LogP contribution is -2.42. The zero-order valence-corrected chi connectivity index (χ0v) is 37.8. The van der Waals surface area contributed by atoms with Gasteiger partial charge in [0, 0.05) is 19.8 Å². The highest BCUT2D eigenvalue weighted by Crippen LogP contribution is 2.41. The van der Waals surface area contributed by atoms with Crippen molar-refractivity contribution in [3.05, 3.63) is 108 Å². The number of unbranched alkanes of at least 4 members (excludes halogenated alkanes) is 21. The van der Waals surface area contributed by atoms with Gasteiger partial charge >= 0.3 is 0 Å². The molecular weight excluding hydrogens is 729 g/mol. The van der Waals surface area contributed by atoms with E-state index in [9.17, 15) is 0 Å². The Morgan fingerprint density at radius 1 is 0.390 bits per heavy atom. The van der Waals surface area contributed by atoms with E-state index in [-0.39, 0.29) is 18.3 Å². The van der Waals surface area contributed by atoms with Gasteiger partial charge in [-0.05, 0) is 36.0 Å². The second kappa shape index (κ2) is 31.3. The summed E-state index contributed by atoms with van der Waals surface area (Å²) in [7, 11) is 0. The van der Waals surface area contributed by atoms with E-state index in [1.807, 2.05) is 0 Å². The van der Waals surface area contributed by atoms with Crippen LogP contribution in [0, 0.1) is 0 Å². The minimum atomic E-state index is -0.848. The van der Waals surface area contributed by atoms with Gasteiger partial charge in [-0.1, -0.05) is 247 Å². The highest BCUT2D eigenvalue weighted by molar-refractivity contribution is 5.47. The fourth-order valence-electron chi connectivity index (χ4n) is 8.66. The van der Waals surface area contributed by atoms with Crippen molar-refractivity contribution in [3.8, 4) is 0 Å². The van der Waals surface area contributed by atoms with Crippen LogP contribution in [-0.2, 0) is 29.3 Å². The summed E-state index contributed by atoms with van der Waals surface area (Å²) < 4.78 is 34.7. The average Bonchev–Trinajstić information content (AvgIpc) is 3.61. The molecule has 1 aliphatic rings. The third-order valence-electron chi connectivity index (χ3n) is 12.2. The van der Waals surface area contributed by atoms with Gasteiger partial charge in [0.15, 0.2) is 6.29 Å². The average molecular weight is 813 g/mol. The first kappa shape index (κ1) is 49.1. The molecule has 4 atom stereocenters. The van der Waals surface area contributed by atoms with Gasteiger partial charge in [-0.2, -0.15) is 0 Å². The van der Waals surface area contributed by atoms with Crippen molar-refractivity contribution in [2.45, 2.75) is 205 Å². The van der Waals surface area contributed by atoms with Crippen LogP contribution in [0.15, 0.2) is 91.0 Å². The number of hydrogen-bond acceptors (Lipinski definition) is 5. The second-order valence-corrected chi connectivity index (χ2v) is 17.1. The van der Waals surface area contributed by atoms with E-state index in [4.69, 9.17) is 23.7 Å². The van der Waals surface area contributed by atoms with Crippen LogP contribution in [0.3, 0.4) is 0 Å². The van der Waals surface area contributed by atoms with Crippen molar-refractivity contribution in [2.24, 2.45) is 0 Å². The van der Waals surface area contributed by atoms with Crippen LogP contribution in [0.5, 0.6) is 0 Å². The molecule has 3 aromatic carbocycles. The predicted octanol–water partition coefficient (Wildman–Crippen LogP) is 14.9. The van der Waals surface area contributed by atoms with E-state index in [1.54, 1.807) is 0 Å². The van der Waals surface area contributed by atoms with Gasteiger partial charge in [-0.25, -0.2) is 0 Å². The van der Waals surface area contributed by atoms with Crippen molar-refractivity contribution in [3.63, 3.8) is 0 Å². The van der Waals surface area contributed by atoms with Crippen molar-refractivity contribution < 1.29 is 23.7 Å². The van der Waals surface area contributed by atoms with Crippen LogP contribution < -0.4 is 0 Å². The monoisotopic (exact) mass is 813 g/mol. The zero-order chi connectivity index (χ0) is 41.5. The fourth-order valence-corrected chi connectivity index (χ4v) is 8.66. The highest BCUT2D eigenvalue weighted by Gasteiger charge is 2.49. The fraction of sp³-hybridized carbons (Fsp3) is 0.667. The molecular formula is C54H84O5. The Morgan fingerprint density at radius 3 is 1.08 bits per heavy atom. The maximum Gasteiger partial charge on any atom is 0.186 e. The Labute approximate surface area is 361 Å². The van der Waals surface area contributed by atoms with Crippen LogP contribution in [0.1, 0.15) is 192 Å². The van der Waals surface area contributed by atoms with Crippen molar-refractivity contribution >= 4 is 0 Å². The Kier molecular flexibility index (Phi) is 26.1. The smallest absolute Gasteiger partial charge is 0.186 e. The van der Waals surface area contributed by atoms with Gasteiger partial charge in [-0.15, -0.1) is 0 Å². The van der Waals surface area contributed by atoms with E-state index in [0.717, 1.165) is 36.0 Å². The molecule has 0 aliphatic carbocycles. The molecule has 1 fully saturated rings. The lowest BCUT2D eigenvalue weighted by Gasteiger charge is -2.37. The Balaban J connectivity index is 1.51. The molecule has 5 nitrogen and oxygen atoms in total. The first-order valence-electron chi connectivity index (χ1n) is 24.5. The predicted molar refractivity (Wildman–Crippen MR) is 247 cm³/mol. The maximum absolute atomic E-state index is 7.37. The normalized spacial score (nSPS) is 18.2. The molecule has 0 bridgehead atoms. The molecule has 0 N–H and O–H groups in total. The molecule has 0 aromatic heterocycles. The lowest BCUT2D eigenvalue weighted by molar-refractivity contribution is -0.185. The molecule has 4 rings (SSSR count). The molecule has 1 aliphatic heterocycles. The quantitative estimate of drug-likeness (QED) is 0.0432. The van der Waals surface area contributed by atoms with Crippen LogP contribution in [0.2, 0.25) is 0 Å². The third kappa shape index (κ3) is 17.8. The van der Waals surface area contributed by atoms with E-state index >= 15 is 0 Å². The number of benzene rings is 3. The van der Waals surface area contributed by atoms with Crippen molar-refractivity contribution in [1.29, 1.82) is 0 Å². The van der Waals surface area contributed by atoms with Gasteiger partial charge < -0.3 is 23.7 Å². The second-order valence-electron chi connectivity index (χ2n) is 17.1. The van der Waals surface area contributed by atoms with E-state index in [0.29, 0.717) is 26.4 Å². The molecule has 0 radical (unpaired) electrons. The Morgan fingerprint density at radius 2 is 0.712 bits per heavy atom. The molecule has 1 heterocycles. The summed E-state index contributed by atoms with van der Waals surface area (Å²) >= 11 is 0. The molecule has 330 valence electrons. The molecule has 1 saturated heterocycles. The first-order valence-corrected chi connectivity index (χ1v) is 24.5. The number of ether oxygens (including phenoxy) is 5. The van der Waals surface area contributed by atoms with Gasteiger partial charge in [0.2, 0.25) is 0 Å². The molecule has 1 unspecified atom stereocenters. The van der Waals surface area contributed by atoms with Crippen LogP contribution in [0.4, 0.5) is 0 Å². The largest absolute Gasteiger partial charge is 0.372 e. The standard InChI is InChI=1S/C54H84O5/c1-4-7-10-13-16-19-22-34-43-55-51-50(46-58-54(47-37-28-25-29-38-47,48-39-30-26-31-40-48)49-41-32-27-33-42-49)59-53(57-45-36-24-21-18-15-12-9-6-3)52(51)56-44-35-23-20-17-14-11-8-5-2/h25-33,37-42,50-53H,4-24,34-36,43-46H2,1-3H3/t50-,51+,52?,53-/m1/s1. The van der Waals surface area contributed by atoms with Crippen molar-refractivity contribution in [2.75, 3.05) is 26.4 Å². The minimum absolute atomic E-state index is 0.294. The SMILES string of the molecule is CCCCCCCCCCOC1[C@H](OCCCCCCCCCC)O[C@H](COC(c2ccccc2)(c2ccccc2)c2ccccc2)[C@@H]1OCCCCCCCCCC. The van der Waals surface area contributed by atoms with E-state index in [2.05, 4.69) is 112 Å². The summed E-state index contributed by atoms with van der Waals surface area (Å²) in [6.07, 6.45) is 28.9. The van der Waals surface area contributed by atoms with Gasteiger partial charge in [0.05, 0.1) is 6.61 Å². The molecule has 0 amide bonds. The van der Waals surface area contributed by atoms with E-state index < -0.39 is 11.9 Å². The first-order chi connectivity index (χ1) is 29.2. The number of hydrogen-bond donors (Lipinski definition) is 0. The third-order valence-corrected chi connectivity index (χ3v) is 12.2. The molecule has 5 heteroatoms. The van der Waals surface area contributed by atoms with E-state index in [1.165, 1.54) is 135 Å². The molecule has 0 saturated carbocycles. The summed E-state index contributed by atoms with van der Waals surface area (Å²) in [4.78, 5) is 0.